The number of piperidine rings is 1. The molecule has 2 aliphatic heterocycles. The Morgan fingerprint density at radius 1 is 1.23 bits per heavy atom. The molecule has 2 saturated heterocycles. The smallest absolute Gasteiger partial charge is 0.293 e. The lowest BCUT2D eigenvalue weighted by molar-refractivity contribution is -0.384. The van der Waals surface area contributed by atoms with Crippen molar-refractivity contribution < 1.29 is 18.1 Å². The molecule has 0 aromatic heterocycles. The Balaban J connectivity index is 1.98. The van der Waals surface area contributed by atoms with Crippen molar-refractivity contribution in [1.29, 1.82) is 0 Å². The summed E-state index contributed by atoms with van der Waals surface area (Å²) in [6.45, 7) is 4.52. The van der Waals surface area contributed by atoms with Gasteiger partial charge in [0.15, 0.2) is 0 Å². The van der Waals surface area contributed by atoms with E-state index in [0.717, 1.165) is 25.7 Å². The molecule has 1 atom stereocenters. The van der Waals surface area contributed by atoms with Crippen molar-refractivity contribution in [3.05, 3.63) is 28.3 Å². The van der Waals surface area contributed by atoms with Crippen LogP contribution in [-0.4, -0.2) is 56.5 Å². The Bertz CT molecular complexity index is 762. The fourth-order valence-electron chi connectivity index (χ4n) is 3.62. The lowest BCUT2D eigenvalue weighted by atomic mass is 10.1. The standard InChI is InChI=1S/C17H25N3O5S/c1-2-14-13-25-11-10-19(14)16-7-6-15(12-17(16)20(21)22)26(23,24)18-8-4-3-5-9-18/h6-7,12,14H,2-5,8-11,13H2,1H3. The predicted octanol–water partition coefficient (Wildman–Crippen LogP) is 2.38. The molecule has 8 nitrogen and oxygen atoms in total. The van der Waals surface area contributed by atoms with Crippen molar-refractivity contribution in [3.8, 4) is 0 Å². The Morgan fingerprint density at radius 3 is 2.62 bits per heavy atom. The number of sulfonamides is 1. The molecule has 144 valence electrons. The summed E-state index contributed by atoms with van der Waals surface area (Å²) < 4.78 is 32.6. The van der Waals surface area contributed by atoms with Crippen molar-refractivity contribution in [1.82, 2.24) is 4.31 Å². The molecule has 0 saturated carbocycles. The summed E-state index contributed by atoms with van der Waals surface area (Å²) in [6.07, 6.45) is 3.46. The quantitative estimate of drug-likeness (QED) is 0.572. The highest BCUT2D eigenvalue weighted by atomic mass is 32.2. The largest absolute Gasteiger partial charge is 0.377 e. The van der Waals surface area contributed by atoms with Gasteiger partial charge in [-0.05, 0) is 31.4 Å². The van der Waals surface area contributed by atoms with Crippen LogP contribution in [0.2, 0.25) is 0 Å². The number of morpholine rings is 1. The van der Waals surface area contributed by atoms with Crippen LogP contribution in [-0.2, 0) is 14.8 Å². The van der Waals surface area contributed by atoms with E-state index in [4.69, 9.17) is 4.74 Å². The Hall–Kier alpha value is -1.71. The highest BCUT2D eigenvalue weighted by Gasteiger charge is 2.32. The van der Waals surface area contributed by atoms with Gasteiger partial charge in [-0.2, -0.15) is 4.31 Å². The summed E-state index contributed by atoms with van der Waals surface area (Å²) in [5.74, 6) is 0. The number of benzene rings is 1. The molecule has 3 rings (SSSR count). The number of ether oxygens (including phenoxy) is 1. The van der Waals surface area contributed by atoms with Gasteiger partial charge in [-0.3, -0.25) is 10.1 Å². The number of nitro groups is 1. The molecule has 1 unspecified atom stereocenters. The second-order valence-electron chi connectivity index (χ2n) is 6.70. The summed E-state index contributed by atoms with van der Waals surface area (Å²) in [5, 5.41) is 11.7. The molecule has 0 amide bonds. The van der Waals surface area contributed by atoms with E-state index in [9.17, 15) is 18.5 Å². The van der Waals surface area contributed by atoms with Crippen LogP contribution in [0.3, 0.4) is 0 Å². The zero-order chi connectivity index (χ0) is 18.7. The number of hydrogen-bond donors (Lipinski definition) is 0. The van der Waals surface area contributed by atoms with Gasteiger partial charge in [-0.1, -0.05) is 13.3 Å². The van der Waals surface area contributed by atoms with Gasteiger partial charge in [0.25, 0.3) is 5.69 Å². The number of hydrogen-bond acceptors (Lipinski definition) is 6. The summed E-state index contributed by atoms with van der Waals surface area (Å²) >= 11 is 0. The van der Waals surface area contributed by atoms with Crippen LogP contribution in [0.4, 0.5) is 11.4 Å². The minimum absolute atomic E-state index is 0.00356. The number of rotatable bonds is 5. The normalized spacial score (nSPS) is 22.3. The molecule has 0 bridgehead atoms. The summed E-state index contributed by atoms with van der Waals surface area (Å²) in [7, 11) is -3.70. The van der Waals surface area contributed by atoms with Crippen molar-refractivity contribution in [3.63, 3.8) is 0 Å². The third-order valence-corrected chi connectivity index (χ3v) is 7.00. The number of nitro benzene ring substituents is 1. The summed E-state index contributed by atoms with van der Waals surface area (Å²) in [5.41, 5.74) is 0.297. The number of anilines is 1. The second kappa shape index (κ2) is 7.89. The Kier molecular flexibility index (Phi) is 5.79. The van der Waals surface area contributed by atoms with E-state index in [1.165, 1.54) is 16.4 Å². The van der Waals surface area contributed by atoms with Crippen molar-refractivity contribution in [2.24, 2.45) is 0 Å². The SMILES string of the molecule is CCC1COCCN1c1ccc(S(=O)(=O)N2CCCCC2)cc1[N+](=O)[O-]. The van der Waals surface area contributed by atoms with E-state index in [1.807, 2.05) is 11.8 Å². The molecule has 2 aliphatic rings. The highest BCUT2D eigenvalue weighted by Crippen LogP contribution is 2.34. The van der Waals surface area contributed by atoms with E-state index in [2.05, 4.69) is 0 Å². The molecular formula is C17H25N3O5S. The Morgan fingerprint density at radius 2 is 1.96 bits per heavy atom. The molecule has 1 aromatic carbocycles. The third kappa shape index (κ3) is 3.70. The lowest BCUT2D eigenvalue weighted by Gasteiger charge is -2.36. The van der Waals surface area contributed by atoms with E-state index in [0.29, 0.717) is 38.5 Å². The molecule has 26 heavy (non-hydrogen) atoms. The fraction of sp³-hybridized carbons (Fsp3) is 0.647. The van der Waals surface area contributed by atoms with Crippen LogP contribution < -0.4 is 4.90 Å². The molecular weight excluding hydrogens is 358 g/mol. The molecule has 0 radical (unpaired) electrons. The molecule has 1 aromatic rings. The second-order valence-corrected chi connectivity index (χ2v) is 8.64. The summed E-state index contributed by atoms with van der Waals surface area (Å²) in [4.78, 5) is 13.1. The maximum absolute atomic E-state index is 12.8. The fourth-order valence-corrected chi connectivity index (χ4v) is 5.15. The zero-order valence-corrected chi connectivity index (χ0v) is 15.8. The maximum atomic E-state index is 12.8. The number of nitrogens with zero attached hydrogens (tertiary/aromatic N) is 3. The van der Waals surface area contributed by atoms with Crippen molar-refractivity contribution in [2.45, 2.75) is 43.5 Å². The van der Waals surface area contributed by atoms with Crippen molar-refractivity contribution in [2.75, 3.05) is 37.7 Å². The third-order valence-electron chi connectivity index (χ3n) is 5.10. The lowest BCUT2D eigenvalue weighted by Crippen LogP contribution is -2.45. The molecule has 2 heterocycles. The van der Waals surface area contributed by atoms with Crippen LogP contribution >= 0.6 is 0 Å². The van der Waals surface area contributed by atoms with Gasteiger partial charge in [0.2, 0.25) is 10.0 Å². The molecule has 0 spiro atoms. The minimum atomic E-state index is -3.70. The van der Waals surface area contributed by atoms with Crippen molar-refractivity contribution >= 4 is 21.4 Å². The summed E-state index contributed by atoms with van der Waals surface area (Å²) in [6, 6.07) is 4.32. The van der Waals surface area contributed by atoms with Crippen LogP contribution in [0.25, 0.3) is 0 Å². The van der Waals surface area contributed by atoms with Gasteiger partial charge >= 0.3 is 0 Å². The molecule has 9 heteroatoms. The first-order valence-electron chi connectivity index (χ1n) is 9.08. The van der Waals surface area contributed by atoms with Crippen LogP contribution in [0.15, 0.2) is 23.1 Å². The first-order valence-corrected chi connectivity index (χ1v) is 10.5. The van der Waals surface area contributed by atoms with Crippen LogP contribution in [0.5, 0.6) is 0 Å². The van der Waals surface area contributed by atoms with Crippen LogP contribution in [0, 0.1) is 10.1 Å². The van der Waals surface area contributed by atoms with E-state index < -0.39 is 14.9 Å². The van der Waals surface area contributed by atoms with E-state index in [1.54, 1.807) is 6.07 Å². The topological polar surface area (TPSA) is 93.0 Å². The zero-order valence-electron chi connectivity index (χ0n) is 15.0. The average Bonchev–Trinajstić information content (AvgIpc) is 2.68. The van der Waals surface area contributed by atoms with E-state index in [-0.39, 0.29) is 16.6 Å². The first kappa shape index (κ1) is 19.1. The minimum Gasteiger partial charge on any atom is -0.377 e. The molecule has 0 N–H and O–H groups in total. The van der Waals surface area contributed by atoms with Gasteiger partial charge < -0.3 is 9.64 Å². The van der Waals surface area contributed by atoms with Gasteiger partial charge in [-0.15, -0.1) is 0 Å². The van der Waals surface area contributed by atoms with Gasteiger partial charge in [0.1, 0.15) is 5.69 Å². The monoisotopic (exact) mass is 383 g/mol. The van der Waals surface area contributed by atoms with Crippen LogP contribution in [0.1, 0.15) is 32.6 Å². The van der Waals surface area contributed by atoms with Gasteiger partial charge in [-0.25, -0.2) is 8.42 Å². The maximum Gasteiger partial charge on any atom is 0.293 e. The average molecular weight is 383 g/mol. The highest BCUT2D eigenvalue weighted by molar-refractivity contribution is 7.89. The van der Waals surface area contributed by atoms with Gasteiger partial charge in [0.05, 0.1) is 29.1 Å². The first-order chi connectivity index (χ1) is 12.4. The van der Waals surface area contributed by atoms with Gasteiger partial charge in [0, 0.05) is 25.7 Å². The molecule has 0 aliphatic carbocycles. The van der Waals surface area contributed by atoms with E-state index >= 15 is 0 Å². The molecule has 2 fully saturated rings. The predicted molar refractivity (Wildman–Crippen MR) is 98.0 cm³/mol. The Labute approximate surface area is 153 Å².